The number of rotatable bonds is 8. The van der Waals surface area contributed by atoms with Crippen LogP contribution in [0.25, 0.3) is 0 Å². The maximum Gasteiger partial charge on any atom is 0.261 e. The normalized spacial score (nSPS) is 13.2. The molecule has 0 amide bonds. The predicted octanol–water partition coefficient (Wildman–Crippen LogP) is 2.17. The lowest BCUT2D eigenvalue weighted by molar-refractivity contribution is 0.0176. The Kier molecular flexibility index (Phi) is 6.07. The Bertz CT molecular complexity index is 318. The van der Waals surface area contributed by atoms with E-state index in [1.165, 1.54) is 0 Å². The Labute approximate surface area is 99.4 Å². The van der Waals surface area contributed by atoms with E-state index in [-0.39, 0.29) is 12.6 Å². The van der Waals surface area contributed by atoms with Crippen LogP contribution in [0.2, 0.25) is 0 Å². The van der Waals surface area contributed by atoms with Gasteiger partial charge in [0.2, 0.25) is 5.89 Å². The van der Waals surface area contributed by atoms with Crippen LogP contribution in [-0.2, 0) is 11.2 Å². The topological polar surface area (TPSA) is 47.3 Å². The van der Waals surface area contributed by atoms with Crippen LogP contribution in [0.4, 0.5) is 8.78 Å². The van der Waals surface area contributed by atoms with Gasteiger partial charge in [-0.15, -0.1) is 0 Å². The molecule has 0 aliphatic carbocycles. The monoisotopic (exact) mass is 248 g/mol. The zero-order valence-electron chi connectivity index (χ0n) is 10.1. The molecule has 1 aromatic heterocycles. The minimum absolute atomic E-state index is 0.0516. The zero-order chi connectivity index (χ0) is 12.7. The Balaban J connectivity index is 2.30. The molecule has 0 aliphatic heterocycles. The maximum atomic E-state index is 11.8. The second-order valence-corrected chi connectivity index (χ2v) is 3.66. The fraction of sp³-hybridized carbons (Fsp3) is 0.727. The summed E-state index contributed by atoms with van der Waals surface area (Å²) in [4.78, 5) is 4.12. The molecule has 0 saturated carbocycles. The minimum atomic E-state index is -2.42. The molecule has 17 heavy (non-hydrogen) atoms. The maximum absolute atomic E-state index is 11.8. The average molecular weight is 248 g/mol. The van der Waals surface area contributed by atoms with Crippen molar-refractivity contribution in [2.45, 2.75) is 32.7 Å². The first-order valence-corrected chi connectivity index (χ1v) is 5.67. The third kappa shape index (κ3) is 5.23. The number of aromatic nitrogens is 1. The number of hydrogen-bond donors (Lipinski definition) is 1. The van der Waals surface area contributed by atoms with Crippen LogP contribution in [0.1, 0.15) is 31.5 Å². The molecule has 1 rings (SSSR count). The van der Waals surface area contributed by atoms with Gasteiger partial charge in [-0.3, -0.25) is 0 Å². The summed E-state index contributed by atoms with van der Waals surface area (Å²) >= 11 is 0. The molecule has 0 bridgehead atoms. The van der Waals surface area contributed by atoms with Crippen LogP contribution in [0.15, 0.2) is 10.6 Å². The van der Waals surface area contributed by atoms with Gasteiger partial charge < -0.3 is 14.5 Å². The van der Waals surface area contributed by atoms with Gasteiger partial charge in [0.25, 0.3) is 6.43 Å². The fourth-order valence-corrected chi connectivity index (χ4v) is 1.38. The summed E-state index contributed by atoms with van der Waals surface area (Å²) in [6.07, 6.45) is -0.359. The summed E-state index contributed by atoms with van der Waals surface area (Å²) in [7, 11) is 0. The van der Waals surface area contributed by atoms with Crippen LogP contribution in [0, 0.1) is 0 Å². The van der Waals surface area contributed by atoms with E-state index in [4.69, 9.17) is 9.15 Å². The van der Waals surface area contributed by atoms with E-state index in [9.17, 15) is 8.78 Å². The van der Waals surface area contributed by atoms with E-state index in [1.54, 1.807) is 6.20 Å². The second-order valence-electron chi connectivity index (χ2n) is 3.66. The highest BCUT2D eigenvalue weighted by atomic mass is 19.3. The van der Waals surface area contributed by atoms with E-state index in [1.807, 2.05) is 13.8 Å². The first-order valence-electron chi connectivity index (χ1n) is 5.67. The van der Waals surface area contributed by atoms with Crippen LogP contribution >= 0.6 is 0 Å². The third-order valence-electron chi connectivity index (χ3n) is 2.19. The molecule has 1 aromatic rings. The number of nitrogens with one attached hydrogen (secondary N) is 1. The first-order chi connectivity index (χ1) is 8.13. The molecule has 0 aromatic carbocycles. The van der Waals surface area contributed by atoms with Gasteiger partial charge in [0.1, 0.15) is 12.4 Å². The van der Waals surface area contributed by atoms with Crippen molar-refractivity contribution in [1.29, 1.82) is 0 Å². The number of nitrogens with zero attached hydrogens (tertiary/aromatic N) is 1. The van der Waals surface area contributed by atoms with Gasteiger partial charge in [0.15, 0.2) is 0 Å². The van der Waals surface area contributed by atoms with Crippen LogP contribution < -0.4 is 5.32 Å². The Morgan fingerprint density at radius 1 is 1.53 bits per heavy atom. The molecule has 0 fully saturated rings. The highest BCUT2D eigenvalue weighted by Gasteiger charge is 2.11. The number of alkyl halides is 2. The fourth-order valence-electron chi connectivity index (χ4n) is 1.38. The van der Waals surface area contributed by atoms with E-state index in [2.05, 4.69) is 10.3 Å². The van der Waals surface area contributed by atoms with Gasteiger partial charge in [-0.25, -0.2) is 13.8 Å². The molecule has 1 atom stereocenters. The summed E-state index contributed by atoms with van der Waals surface area (Å²) in [5.74, 6) is 1.26. The molecule has 1 heterocycles. The van der Waals surface area contributed by atoms with E-state index < -0.39 is 13.0 Å². The summed E-state index contributed by atoms with van der Waals surface area (Å²) in [6, 6.07) is 0.0516. The van der Waals surface area contributed by atoms with Crippen LogP contribution in [-0.4, -0.2) is 31.2 Å². The number of hydrogen-bond acceptors (Lipinski definition) is 4. The van der Waals surface area contributed by atoms with Crippen molar-refractivity contribution in [3.05, 3.63) is 17.8 Å². The molecule has 4 nitrogen and oxygen atoms in total. The zero-order valence-corrected chi connectivity index (χ0v) is 10.1. The Morgan fingerprint density at radius 2 is 2.29 bits per heavy atom. The van der Waals surface area contributed by atoms with Gasteiger partial charge in [-0.1, -0.05) is 6.92 Å². The molecule has 0 aliphatic rings. The van der Waals surface area contributed by atoms with Gasteiger partial charge in [0, 0.05) is 6.42 Å². The van der Waals surface area contributed by atoms with Gasteiger partial charge in [-0.2, -0.15) is 0 Å². The minimum Gasteiger partial charge on any atom is -0.444 e. The molecule has 6 heteroatoms. The Hall–Kier alpha value is -1.01. The van der Waals surface area contributed by atoms with E-state index in [0.29, 0.717) is 18.1 Å². The van der Waals surface area contributed by atoms with Gasteiger partial charge >= 0.3 is 0 Å². The molecular weight excluding hydrogens is 230 g/mol. The average Bonchev–Trinajstić information content (AvgIpc) is 2.73. The number of oxazole rings is 1. The summed E-state index contributed by atoms with van der Waals surface area (Å²) in [5, 5.41) is 3.17. The Morgan fingerprint density at radius 3 is 2.94 bits per heavy atom. The van der Waals surface area contributed by atoms with Crippen molar-refractivity contribution < 1.29 is 17.9 Å². The predicted molar refractivity (Wildman–Crippen MR) is 59.1 cm³/mol. The van der Waals surface area contributed by atoms with Crippen LogP contribution in [0.5, 0.6) is 0 Å². The van der Waals surface area contributed by atoms with Crippen molar-refractivity contribution in [1.82, 2.24) is 10.3 Å². The molecule has 0 saturated heterocycles. The molecule has 0 radical (unpaired) electrons. The van der Waals surface area contributed by atoms with Crippen molar-refractivity contribution in [3.8, 4) is 0 Å². The lowest BCUT2D eigenvalue weighted by atomic mass is 10.3. The van der Waals surface area contributed by atoms with Gasteiger partial charge in [-0.05, 0) is 13.5 Å². The van der Waals surface area contributed by atoms with Crippen molar-refractivity contribution in [2.24, 2.45) is 0 Å². The quantitative estimate of drug-likeness (QED) is 0.716. The van der Waals surface area contributed by atoms with Crippen molar-refractivity contribution in [2.75, 3.05) is 19.8 Å². The summed E-state index contributed by atoms with van der Waals surface area (Å²) in [6.45, 7) is 4.46. The third-order valence-corrected chi connectivity index (χ3v) is 2.19. The van der Waals surface area contributed by atoms with E-state index >= 15 is 0 Å². The molecule has 1 unspecified atom stereocenters. The number of ether oxygens (including phenoxy) is 1. The summed E-state index contributed by atoms with van der Waals surface area (Å²) in [5.41, 5.74) is 0. The summed E-state index contributed by atoms with van der Waals surface area (Å²) < 4.78 is 33.8. The van der Waals surface area contributed by atoms with Crippen molar-refractivity contribution in [3.63, 3.8) is 0 Å². The SMILES string of the molecule is CCNC(C)c1ncc(CCOCC(F)F)o1. The van der Waals surface area contributed by atoms with E-state index in [0.717, 1.165) is 6.54 Å². The molecular formula is C11H18F2N2O2. The van der Waals surface area contributed by atoms with Gasteiger partial charge in [0.05, 0.1) is 18.8 Å². The molecule has 0 spiro atoms. The highest BCUT2D eigenvalue weighted by Crippen LogP contribution is 2.12. The lowest BCUT2D eigenvalue weighted by Gasteiger charge is -2.06. The van der Waals surface area contributed by atoms with Crippen LogP contribution in [0.3, 0.4) is 0 Å². The number of halogens is 2. The largest absolute Gasteiger partial charge is 0.444 e. The van der Waals surface area contributed by atoms with Crippen molar-refractivity contribution >= 4 is 0 Å². The lowest BCUT2D eigenvalue weighted by Crippen LogP contribution is -2.17. The smallest absolute Gasteiger partial charge is 0.261 e. The molecule has 1 N–H and O–H groups in total. The second kappa shape index (κ2) is 7.34. The molecule has 98 valence electrons. The standard InChI is InChI=1S/C11H18F2N2O2/c1-3-14-8(2)11-15-6-9(17-11)4-5-16-7-10(12)13/h6,8,10,14H,3-5,7H2,1-2H3. The highest BCUT2D eigenvalue weighted by molar-refractivity contribution is 4.97. The first kappa shape index (κ1) is 14.1.